The van der Waals surface area contributed by atoms with Crippen molar-refractivity contribution in [1.29, 1.82) is 0 Å². The first kappa shape index (κ1) is 26.7. The van der Waals surface area contributed by atoms with E-state index < -0.39 is 4.92 Å². The first-order chi connectivity index (χ1) is 14.0. The third-order valence-electron chi connectivity index (χ3n) is 4.99. The Morgan fingerprint density at radius 1 is 1.26 bits per heavy atom. The van der Waals surface area contributed by atoms with Gasteiger partial charge in [0.15, 0.2) is 0 Å². The molecular formula is C20H31Cl2N7O2. The smallest absolute Gasteiger partial charge is 0.294 e. The van der Waals surface area contributed by atoms with Gasteiger partial charge in [0, 0.05) is 42.6 Å². The summed E-state index contributed by atoms with van der Waals surface area (Å²) >= 11 is 0. The van der Waals surface area contributed by atoms with Gasteiger partial charge >= 0.3 is 0 Å². The third-order valence-corrected chi connectivity index (χ3v) is 4.99. The average Bonchev–Trinajstić information content (AvgIpc) is 2.70. The fourth-order valence-electron chi connectivity index (χ4n) is 3.63. The molecule has 0 amide bonds. The summed E-state index contributed by atoms with van der Waals surface area (Å²) in [6.07, 6.45) is 4.09. The van der Waals surface area contributed by atoms with Crippen LogP contribution in [0.25, 0.3) is 0 Å². The summed E-state index contributed by atoms with van der Waals surface area (Å²) in [6.45, 7) is 7.05. The van der Waals surface area contributed by atoms with Gasteiger partial charge in [0.2, 0.25) is 5.95 Å². The highest BCUT2D eigenvalue weighted by atomic mass is 35.5. The second kappa shape index (κ2) is 12.5. The van der Waals surface area contributed by atoms with Crippen LogP contribution in [0.5, 0.6) is 0 Å². The molecule has 0 unspecified atom stereocenters. The van der Waals surface area contributed by atoms with E-state index in [0.29, 0.717) is 17.7 Å². The first-order valence-electron chi connectivity index (χ1n) is 10.2. The summed E-state index contributed by atoms with van der Waals surface area (Å²) in [5, 5.41) is 17.8. The minimum Gasteiger partial charge on any atom is -0.393 e. The molecule has 3 rings (SSSR count). The number of nitrogen functional groups attached to an aromatic ring is 1. The molecule has 4 N–H and O–H groups in total. The molecular weight excluding hydrogens is 441 g/mol. The van der Waals surface area contributed by atoms with Crippen LogP contribution in [0.4, 0.5) is 28.8 Å². The Morgan fingerprint density at radius 2 is 2.03 bits per heavy atom. The van der Waals surface area contributed by atoms with Crippen molar-refractivity contribution in [1.82, 2.24) is 15.3 Å². The number of anilines is 4. The maximum Gasteiger partial charge on any atom is 0.294 e. The van der Waals surface area contributed by atoms with Gasteiger partial charge in [-0.25, -0.2) is 4.98 Å². The predicted octanol–water partition coefficient (Wildman–Crippen LogP) is 4.09. The fourth-order valence-corrected chi connectivity index (χ4v) is 3.63. The minimum absolute atomic E-state index is 0. The van der Waals surface area contributed by atoms with Gasteiger partial charge in [-0.15, -0.1) is 24.8 Å². The highest BCUT2D eigenvalue weighted by Crippen LogP contribution is 2.27. The molecule has 11 heteroatoms. The highest BCUT2D eigenvalue weighted by Gasteiger charge is 2.21. The fraction of sp³-hybridized carbons (Fsp3) is 0.500. The number of nitrogens with two attached hydrogens (primary N) is 1. The second-order valence-electron chi connectivity index (χ2n) is 7.29. The monoisotopic (exact) mass is 471 g/mol. The molecule has 9 nitrogen and oxygen atoms in total. The van der Waals surface area contributed by atoms with Crippen LogP contribution < -0.4 is 21.3 Å². The van der Waals surface area contributed by atoms with E-state index in [1.54, 1.807) is 6.07 Å². The Balaban J connectivity index is 0.00000240. The molecule has 1 fully saturated rings. The number of rotatable bonds is 8. The summed E-state index contributed by atoms with van der Waals surface area (Å²) in [4.78, 5) is 22.3. The molecule has 1 aliphatic heterocycles. The lowest BCUT2D eigenvalue weighted by Crippen LogP contribution is -2.46. The van der Waals surface area contributed by atoms with E-state index in [9.17, 15) is 10.1 Å². The molecule has 1 aromatic carbocycles. The van der Waals surface area contributed by atoms with Crippen molar-refractivity contribution in [2.75, 3.05) is 35.6 Å². The number of hydrogen-bond acceptors (Lipinski definition) is 8. The van der Waals surface area contributed by atoms with E-state index in [0.717, 1.165) is 56.8 Å². The minimum atomic E-state index is -0.491. The van der Waals surface area contributed by atoms with Gasteiger partial charge < -0.3 is 21.3 Å². The lowest BCUT2D eigenvalue weighted by molar-refractivity contribution is -0.383. The van der Waals surface area contributed by atoms with E-state index in [-0.39, 0.29) is 36.2 Å². The van der Waals surface area contributed by atoms with Crippen molar-refractivity contribution in [3.63, 3.8) is 0 Å². The first-order valence-corrected chi connectivity index (χ1v) is 10.2. The molecule has 1 saturated heterocycles. The summed E-state index contributed by atoms with van der Waals surface area (Å²) in [5.74, 6) is 1.33. The maximum absolute atomic E-state index is 11.2. The molecule has 2 heterocycles. The van der Waals surface area contributed by atoms with Crippen LogP contribution in [0.3, 0.4) is 0 Å². The lowest BCUT2D eigenvalue weighted by Gasteiger charge is -2.34. The molecule has 0 saturated carbocycles. The van der Waals surface area contributed by atoms with Gasteiger partial charge in [-0.1, -0.05) is 20.3 Å². The van der Waals surface area contributed by atoms with Crippen molar-refractivity contribution in [3.05, 3.63) is 40.1 Å². The summed E-state index contributed by atoms with van der Waals surface area (Å²) < 4.78 is 0. The van der Waals surface area contributed by atoms with E-state index in [4.69, 9.17) is 10.7 Å². The number of aromatic nitrogens is 2. The predicted molar refractivity (Wildman–Crippen MR) is 130 cm³/mol. The zero-order valence-corrected chi connectivity index (χ0v) is 19.5. The van der Waals surface area contributed by atoms with Crippen molar-refractivity contribution in [3.8, 4) is 0 Å². The number of halogens is 2. The largest absolute Gasteiger partial charge is 0.393 e. The number of benzene rings is 1. The zero-order chi connectivity index (χ0) is 20.8. The molecule has 0 bridgehead atoms. The molecule has 0 radical (unpaired) electrons. The number of nitrogens with one attached hydrogen (secondary N) is 2. The Labute approximate surface area is 195 Å². The molecule has 1 aliphatic rings. The number of aryl methyl sites for hydroxylation is 1. The lowest BCUT2D eigenvalue weighted by atomic mass is 10.1. The molecule has 0 aliphatic carbocycles. The summed E-state index contributed by atoms with van der Waals surface area (Å²) in [7, 11) is 0. The molecule has 172 valence electrons. The van der Waals surface area contributed by atoms with Crippen molar-refractivity contribution < 1.29 is 4.92 Å². The standard InChI is InChI=1S/C20H29N7O2.2ClH/c1-3-6-14-12-19(26-10-5-7-16(13-26)22-4-2)25-20(23-14)24-15-8-9-17(21)18(11-15)27(28)29;;/h8-9,11-12,16,22H,3-7,10,13,21H2,1-2H3,(H,23,24,25);2*1H/t16-;;/m1../s1. The quantitative estimate of drug-likeness (QED) is 0.298. The normalized spacial score (nSPS) is 15.5. The van der Waals surface area contributed by atoms with Gasteiger partial charge in [-0.2, -0.15) is 4.98 Å². The molecule has 1 aromatic heterocycles. The number of nitrogens with zero attached hydrogens (tertiary/aromatic N) is 4. The van der Waals surface area contributed by atoms with Gasteiger partial charge in [-0.05, 0) is 37.9 Å². The van der Waals surface area contributed by atoms with Gasteiger partial charge in [0.1, 0.15) is 11.5 Å². The van der Waals surface area contributed by atoms with Crippen LogP contribution >= 0.6 is 24.8 Å². The number of piperidine rings is 1. The number of hydrogen-bond donors (Lipinski definition) is 3. The van der Waals surface area contributed by atoms with Crippen LogP contribution in [0.1, 0.15) is 38.8 Å². The molecule has 0 spiro atoms. The van der Waals surface area contributed by atoms with Crippen LogP contribution in [-0.4, -0.2) is 40.6 Å². The Bertz CT molecular complexity index is 867. The Kier molecular flexibility index (Phi) is 10.7. The maximum atomic E-state index is 11.2. The number of likely N-dealkylation sites (N-methyl/N-ethyl adjacent to an activating group) is 1. The van der Waals surface area contributed by atoms with Gasteiger partial charge in [-0.3, -0.25) is 10.1 Å². The summed E-state index contributed by atoms with van der Waals surface area (Å²) in [5.41, 5.74) is 7.18. The molecule has 2 aromatic rings. The average molecular weight is 472 g/mol. The van der Waals surface area contributed by atoms with Crippen LogP contribution in [-0.2, 0) is 6.42 Å². The SMILES string of the molecule is CCCc1cc(N2CCC[C@@H](NCC)C2)nc(Nc2ccc(N)c([N+](=O)[O-])c2)n1.Cl.Cl. The highest BCUT2D eigenvalue weighted by molar-refractivity contribution is 5.85. The molecule has 1 atom stereocenters. The van der Waals surface area contributed by atoms with Crippen molar-refractivity contribution >= 4 is 53.6 Å². The topological polar surface area (TPSA) is 122 Å². The van der Waals surface area contributed by atoms with Crippen molar-refractivity contribution in [2.24, 2.45) is 0 Å². The van der Waals surface area contributed by atoms with E-state index in [1.165, 1.54) is 12.1 Å². The van der Waals surface area contributed by atoms with Crippen LogP contribution in [0.15, 0.2) is 24.3 Å². The Hall–Kier alpha value is -2.36. The van der Waals surface area contributed by atoms with E-state index >= 15 is 0 Å². The summed E-state index contributed by atoms with van der Waals surface area (Å²) in [6, 6.07) is 7.12. The van der Waals surface area contributed by atoms with E-state index in [1.807, 2.05) is 0 Å². The van der Waals surface area contributed by atoms with E-state index in [2.05, 4.69) is 40.4 Å². The van der Waals surface area contributed by atoms with Gasteiger partial charge in [0.05, 0.1) is 4.92 Å². The van der Waals surface area contributed by atoms with Gasteiger partial charge in [0.25, 0.3) is 5.69 Å². The Morgan fingerprint density at radius 3 is 2.71 bits per heavy atom. The zero-order valence-electron chi connectivity index (χ0n) is 17.8. The van der Waals surface area contributed by atoms with Crippen LogP contribution in [0.2, 0.25) is 0 Å². The van der Waals surface area contributed by atoms with Crippen molar-refractivity contribution in [2.45, 2.75) is 45.6 Å². The second-order valence-corrected chi connectivity index (χ2v) is 7.29. The molecule has 31 heavy (non-hydrogen) atoms. The van der Waals surface area contributed by atoms with Crippen LogP contribution in [0, 0.1) is 10.1 Å². The third kappa shape index (κ3) is 7.09. The number of nitro benzene ring substituents is 1. The number of nitro groups is 1.